The van der Waals surface area contributed by atoms with E-state index in [0.717, 1.165) is 37.5 Å². The fourth-order valence-corrected chi connectivity index (χ4v) is 6.96. The summed E-state index contributed by atoms with van der Waals surface area (Å²) < 4.78 is 1.11. The summed E-state index contributed by atoms with van der Waals surface area (Å²) in [4.78, 5) is 19.7. The molecule has 0 amide bonds. The third-order valence-corrected chi connectivity index (χ3v) is 9.24. The number of benzene rings is 5. The number of thiazole rings is 1. The van der Waals surface area contributed by atoms with E-state index in [-0.39, 0.29) is 5.41 Å². The van der Waals surface area contributed by atoms with E-state index in [1.165, 1.54) is 22.3 Å². The summed E-state index contributed by atoms with van der Waals surface area (Å²) >= 11 is 1.71. The molecule has 0 radical (unpaired) electrons. The quantitative estimate of drug-likeness (QED) is 0.216. The van der Waals surface area contributed by atoms with Crippen molar-refractivity contribution >= 4 is 21.6 Å². The Labute approximate surface area is 248 Å². The van der Waals surface area contributed by atoms with Crippen LogP contribution in [0.2, 0.25) is 0 Å². The monoisotopic (exact) mass is 558 g/mol. The molecule has 0 N–H and O–H groups in total. The number of fused-ring (bicyclic) bond motifs is 4. The van der Waals surface area contributed by atoms with Crippen LogP contribution in [-0.4, -0.2) is 19.9 Å². The summed E-state index contributed by atoms with van der Waals surface area (Å²) in [5, 5.41) is 1.02. The van der Waals surface area contributed by atoms with Gasteiger partial charge in [-0.15, -0.1) is 11.3 Å². The highest BCUT2D eigenvalue weighted by molar-refractivity contribution is 7.21. The second-order valence-corrected chi connectivity index (χ2v) is 12.2. The molecule has 0 fully saturated rings. The van der Waals surface area contributed by atoms with E-state index in [2.05, 4.69) is 74.5 Å². The standard InChI is InChI=1S/C37H26N4S/c1-37(2)29-16-10-9-15-27(29)28-19-17-26(21-30(28)37)36-38-31-20-18-25(22-32(31)42-36)35-40-33(23-11-5-3-6-12-23)39-34(41-35)24-13-7-4-8-14-24/h3-22H,1-2H3. The zero-order valence-electron chi connectivity index (χ0n) is 23.2. The Hall–Kier alpha value is -5.00. The molecule has 2 aromatic heterocycles. The minimum absolute atomic E-state index is 0.0443. The summed E-state index contributed by atoms with van der Waals surface area (Å²) in [5.41, 5.74) is 10.3. The highest BCUT2D eigenvalue weighted by Gasteiger charge is 2.35. The lowest BCUT2D eigenvalue weighted by Crippen LogP contribution is -2.14. The Morgan fingerprint density at radius 2 is 1.05 bits per heavy atom. The van der Waals surface area contributed by atoms with Gasteiger partial charge in [-0.2, -0.15) is 0 Å². The molecule has 4 nitrogen and oxygen atoms in total. The minimum Gasteiger partial charge on any atom is -0.236 e. The van der Waals surface area contributed by atoms with Crippen LogP contribution in [0.1, 0.15) is 25.0 Å². The van der Waals surface area contributed by atoms with Crippen molar-refractivity contribution in [2.45, 2.75) is 19.3 Å². The average Bonchev–Trinajstić information content (AvgIpc) is 3.58. The molecule has 0 unspecified atom stereocenters. The molecule has 0 saturated heterocycles. The molecular weight excluding hydrogens is 533 g/mol. The summed E-state index contributed by atoms with van der Waals surface area (Å²) in [7, 11) is 0. The van der Waals surface area contributed by atoms with Gasteiger partial charge in [-0.05, 0) is 46.5 Å². The first-order chi connectivity index (χ1) is 20.5. The fourth-order valence-electron chi connectivity index (χ4n) is 5.96. The van der Waals surface area contributed by atoms with Crippen LogP contribution in [0, 0.1) is 0 Å². The zero-order chi connectivity index (χ0) is 28.3. The van der Waals surface area contributed by atoms with Crippen LogP contribution in [-0.2, 0) is 5.41 Å². The molecule has 0 atom stereocenters. The van der Waals surface area contributed by atoms with E-state index in [1.807, 2.05) is 60.7 Å². The third-order valence-electron chi connectivity index (χ3n) is 8.18. The average molecular weight is 559 g/mol. The van der Waals surface area contributed by atoms with Gasteiger partial charge >= 0.3 is 0 Å². The predicted octanol–water partition coefficient (Wildman–Crippen LogP) is 9.46. The topological polar surface area (TPSA) is 51.6 Å². The molecule has 0 spiro atoms. The summed E-state index contributed by atoms with van der Waals surface area (Å²) in [6.07, 6.45) is 0. The van der Waals surface area contributed by atoms with E-state index in [1.54, 1.807) is 11.3 Å². The van der Waals surface area contributed by atoms with Crippen LogP contribution >= 0.6 is 11.3 Å². The first kappa shape index (κ1) is 24.8. The molecule has 8 rings (SSSR count). The lowest BCUT2D eigenvalue weighted by atomic mass is 9.82. The van der Waals surface area contributed by atoms with Gasteiger partial charge in [0, 0.05) is 27.7 Å². The van der Waals surface area contributed by atoms with Crippen molar-refractivity contribution in [1.82, 2.24) is 19.9 Å². The fraction of sp³-hybridized carbons (Fsp3) is 0.0811. The van der Waals surface area contributed by atoms with Crippen LogP contribution < -0.4 is 0 Å². The molecule has 5 aromatic carbocycles. The smallest absolute Gasteiger partial charge is 0.164 e. The first-order valence-electron chi connectivity index (χ1n) is 14.1. The van der Waals surface area contributed by atoms with E-state index >= 15 is 0 Å². The second kappa shape index (κ2) is 9.54. The predicted molar refractivity (Wildman–Crippen MR) is 172 cm³/mol. The van der Waals surface area contributed by atoms with E-state index in [0.29, 0.717) is 17.5 Å². The SMILES string of the molecule is CC1(C)c2ccccc2-c2ccc(-c3nc4ccc(-c5nc(-c6ccccc6)nc(-c6ccccc6)n5)cc4s3)cc21. The molecule has 5 heteroatoms. The molecule has 0 bridgehead atoms. The minimum atomic E-state index is -0.0443. The van der Waals surface area contributed by atoms with Crippen molar-refractivity contribution in [2.24, 2.45) is 0 Å². The Balaban J connectivity index is 1.21. The van der Waals surface area contributed by atoms with Crippen molar-refractivity contribution < 1.29 is 0 Å². The molecular formula is C37H26N4S. The van der Waals surface area contributed by atoms with Gasteiger partial charge in [0.2, 0.25) is 0 Å². The van der Waals surface area contributed by atoms with Crippen LogP contribution in [0.3, 0.4) is 0 Å². The molecule has 200 valence electrons. The maximum Gasteiger partial charge on any atom is 0.164 e. The van der Waals surface area contributed by atoms with E-state index in [4.69, 9.17) is 19.9 Å². The number of aromatic nitrogens is 4. The molecule has 0 aliphatic heterocycles. The van der Waals surface area contributed by atoms with Crippen LogP contribution in [0.4, 0.5) is 0 Å². The Kier molecular flexibility index (Phi) is 5.62. The molecule has 1 aliphatic carbocycles. The lowest BCUT2D eigenvalue weighted by Gasteiger charge is -2.21. The van der Waals surface area contributed by atoms with Gasteiger partial charge in [0.1, 0.15) is 5.01 Å². The van der Waals surface area contributed by atoms with Crippen molar-refractivity contribution in [3.8, 4) is 55.9 Å². The largest absolute Gasteiger partial charge is 0.236 e. The first-order valence-corrected chi connectivity index (χ1v) is 14.9. The molecule has 1 aliphatic rings. The van der Waals surface area contributed by atoms with E-state index in [9.17, 15) is 0 Å². The van der Waals surface area contributed by atoms with Gasteiger partial charge in [0.15, 0.2) is 17.5 Å². The van der Waals surface area contributed by atoms with Crippen LogP contribution in [0.15, 0.2) is 121 Å². The summed E-state index contributed by atoms with van der Waals surface area (Å²) in [5.74, 6) is 1.97. The van der Waals surface area contributed by atoms with Gasteiger partial charge in [-0.25, -0.2) is 19.9 Å². The molecule has 7 aromatic rings. The zero-order valence-corrected chi connectivity index (χ0v) is 24.1. The van der Waals surface area contributed by atoms with Crippen LogP contribution in [0.5, 0.6) is 0 Å². The normalized spacial score (nSPS) is 13.2. The highest BCUT2D eigenvalue weighted by atomic mass is 32.1. The molecule has 2 heterocycles. The number of hydrogen-bond acceptors (Lipinski definition) is 5. The molecule has 0 saturated carbocycles. The highest BCUT2D eigenvalue weighted by Crippen LogP contribution is 2.49. The lowest BCUT2D eigenvalue weighted by molar-refractivity contribution is 0.660. The Morgan fingerprint density at radius 1 is 0.476 bits per heavy atom. The molecule has 42 heavy (non-hydrogen) atoms. The number of nitrogens with zero attached hydrogens (tertiary/aromatic N) is 4. The summed E-state index contributed by atoms with van der Waals surface area (Å²) in [6, 6.07) is 42.0. The Morgan fingerprint density at radius 3 is 1.74 bits per heavy atom. The summed E-state index contributed by atoms with van der Waals surface area (Å²) in [6.45, 7) is 4.63. The van der Waals surface area contributed by atoms with Gasteiger partial charge in [-0.1, -0.05) is 111 Å². The third kappa shape index (κ3) is 4.05. The van der Waals surface area contributed by atoms with Crippen LogP contribution in [0.25, 0.3) is 66.1 Å². The number of hydrogen-bond donors (Lipinski definition) is 0. The maximum atomic E-state index is 5.04. The van der Waals surface area contributed by atoms with Gasteiger partial charge < -0.3 is 0 Å². The van der Waals surface area contributed by atoms with Gasteiger partial charge in [0.05, 0.1) is 10.2 Å². The van der Waals surface area contributed by atoms with E-state index < -0.39 is 0 Å². The second-order valence-electron chi connectivity index (χ2n) is 11.2. The van der Waals surface area contributed by atoms with Gasteiger partial charge in [-0.3, -0.25) is 0 Å². The van der Waals surface area contributed by atoms with Crippen molar-refractivity contribution in [3.63, 3.8) is 0 Å². The maximum absolute atomic E-state index is 5.04. The van der Waals surface area contributed by atoms with Crippen molar-refractivity contribution in [3.05, 3.63) is 132 Å². The van der Waals surface area contributed by atoms with Crippen molar-refractivity contribution in [2.75, 3.05) is 0 Å². The Bertz CT molecular complexity index is 2060. The van der Waals surface area contributed by atoms with Gasteiger partial charge in [0.25, 0.3) is 0 Å². The van der Waals surface area contributed by atoms with Crippen molar-refractivity contribution in [1.29, 1.82) is 0 Å². The number of rotatable bonds is 4.